The molecule has 122 valence electrons. The summed E-state index contributed by atoms with van der Waals surface area (Å²) < 4.78 is 0. The van der Waals surface area contributed by atoms with Gasteiger partial charge in [-0.1, -0.05) is 35.5 Å². The van der Waals surface area contributed by atoms with Crippen molar-refractivity contribution in [1.29, 1.82) is 0 Å². The quantitative estimate of drug-likeness (QED) is 0.611. The number of aromatic nitrogens is 3. The molecule has 0 bridgehead atoms. The highest BCUT2D eigenvalue weighted by molar-refractivity contribution is 8.00. The number of benzene rings is 1. The van der Waals surface area contributed by atoms with Gasteiger partial charge < -0.3 is 5.11 Å². The number of amides is 1. The van der Waals surface area contributed by atoms with Crippen molar-refractivity contribution in [2.75, 3.05) is 16.8 Å². The van der Waals surface area contributed by atoms with Crippen molar-refractivity contribution in [3.05, 3.63) is 34.9 Å². The smallest absolute Gasteiger partial charge is 0.313 e. The lowest BCUT2D eigenvalue weighted by atomic mass is 10.2. The Bertz CT molecular complexity index is 678. The van der Waals surface area contributed by atoms with Gasteiger partial charge in [0.2, 0.25) is 17.0 Å². The first-order valence-corrected chi connectivity index (χ1v) is 8.94. The van der Waals surface area contributed by atoms with Crippen LogP contribution >= 0.6 is 35.1 Å². The molecule has 0 aliphatic carbocycles. The second-order valence-electron chi connectivity index (χ2n) is 4.32. The van der Waals surface area contributed by atoms with Gasteiger partial charge in [0.05, 0.1) is 11.5 Å². The van der Waals surface area contributed by atoms with Crippen molar-refractivity contribution < 1.29 is 14.7 Å². The number of aliphatic carboxylic acids is 1. The third kappa shape index (κ3) is 6.51. The monoisotopic (exact) mass is 372 g/mol. The van der Waals surface area contributed by atoms with E-state index in [0.29, 0.717) is 15.9 Å². The van der Waals surface area contributed by atoms with Gasteiger partial charge in [-0.3, -0.25) is 14.9 Å². The van der Waals surface area contributed by atoms with Crippen molar-refractivity contribution >= 4 is 52.9 Å². The highest BCUT2D eigenvalue weighted by Gasteiger charge is 2.09. The molecule has 1 aromatic carbocycles. The number of carboxylic acid groups (broad SMARTS) is 1. The normalized spacial score (nSPS) is 10.5. The van der Waals surface area contributed by atoms with E-state index in [-0.39, 0.29) is 23.4 Å². The molecule has 23 heavy (non-hydrogen) atoms. The summed E-state index contributed by atoms with van der Waals surface area (Å²) in [6.45, 7) is 0. The van der Waals surface area contributed by atoms with Crippen molar-refractivity contribution in [3.63, 3.8) is 0 Å². The Kier molecular flexibility index (Phi) is 6.75. The Morgan fingerprint density at radius 2 is 2.00 bits per heavy atom. The first-order valence-electron chi connectivity index (χ1n) is 6.42. The van der Waals surface area contributed by atoms with Gasteiger partial charge in [0.25, 0.3) is 0 Å². The number of H-pyrrole nitrogens is 1. The molecule has 0 unspecified atom stereocenters. The van der Waals surface area contributed by atoms with Gasteiger partial charge in [-0.2, -0.15) is 4.98 Å². The van der Waals surface area contributed by atoms with E-state index in [9.17, 15) is 9.59 Å². The van der Waals surface area contributed by atoms with Crippen LogP contribution in [-0.2, 0) is 15.3 Å². The van der Waals surface area contributed by atoms with E-state index in [2.05, 4.69) is 20.5 Å². The van der Waals surface area contributed by atoms with Crippen LogP contribution in [0, 0.1) is 0 Å². The number of rotatable bonds is 8. The van der Waals surface area contributed by atoms with Crippen LogP contribution in [0.15, 0.2) is 29.4 Å². The second-order valence-corrected chi connectivity index (χ2v) is 6.68. The first kappa shape index (κ1) is 17.6. The fourth-order valence-corrected chi connectivity index (χ4v) is 2.91. The van der Waals surface area contributed by atoms with Gasteiger partial charge in [-0.15, -0.1) is 16.9 Å². The molecule has 0 spiro atoms. The van der Waals surface area contributed by atoms with Crippen molar-refractivity contribution in [3.8, 4) is 0 Å². The van der Waals surface area contributed by atoms with Crippen LogP contribution in [0.5, 0.6) is 0 Å². The Labute approximate surface area is 145 Å². The number of nitrogens with zero attached hydrogens (tertiary/aromatic N) is 2. The van der Waals surface area contributed by atoms with Crippen LogP contribution in [0.4, 0.5) is 5.95 Å². The van der Waals surface area contributed by atoms with Crippen LogP contribution in [0.2, 0.25) is 5.02 Å². The number of carbonyl (C=O) groups is 2. The number of hydrogen-bond acceptors (Lipinski definition) is 6. The molecule has 2 aromatic rings. The second kappa shape index (κ2) is 8.80. The van der Waals surface area contributed by atoms with E-state index < -0.39 is 5.97 Å². The highest BCUT2D eigenvalue weighted by Crippen LogP contribution is 2.21. The lowest BCUT2D eigenvalue weighted by molar-refractivity contribution is -0.133. The molecule has 0 aliphatic heterocycles. The maximum atomic E-state index is 11.6. The summed E-state index contributed by atoms with van der Waals surface area (Å²) in [6, 6.07) is 7.47. The zero-order valence-electron chi connectivity index (χ0n) is 11.8. The standard InChI is InChI=1S/C13H13ClN4O3S2/c14-9-3-1-8(2-4-9)5-23-13-16-12(17-18-13)15-10(19)6-22-7-11(20)21/h1-4H,5-7H2,(H,20,21)(H2,15,16,17,18,19). The van der Waals surface area contributed by atoms with Crippen LogP contribution in [0.3, 0.4) is 0 Å². The van der Waals surface area contributed by atoms with Crippen LogP contribution < -0.4 is 5.32 Å². The minimum Gasteiger partial charge on any atom is -0.481 e. The first-order chi connectivity index (χ1) is 11.0. The van der Waals surface area contributed by atoms with Gasteiger partial charge in [0.1, 0.15) is 0 Å². The van der Waals surface area contributed by atoms with E-state index in [4.69, 9.17) is 16.7 Å². The van der Waals surface area contributed by atoms with Crippen LogP contribution in [0.1, 0.15) is 5.56 Å². The number of thioether (sulfide) groups is 2. The number of carboxylic acids is 1. The number of hydrogen-bond donors (Lipinski definition) is 3. The molecule has 0 saturated carbocycles. The molecular weight excluding hydrogens is 360 g/mol. The minimum atomic E-state index is -0.955. The zero-order valence-corrected chi connectivity index (χ0v) is 14.2. The molecule has 0 atom stereocenters. The van der Waals surface area contributed by atoms with E-state index >= 15 is 0 Å². The SMILES string of the molecule is O=C(O)CSCC(=O)Nc1nc(SCc2ccc(Cl)cc2)n[nH]1. The Morgan fingerprint density at radius 1 is 1.26 bits per heavy atom. The van der Waals surface area contributed by atoms with Crippen molar-refractivity contribution in [1.82, 2.24) is 15.2 Å². The van der Waals surface area contributed by atoms with Crippen LogP contribution in [-0.4, -0.2) is 43.7 Å². The van der Waals surface area contributed by atoms with Gasteiger partial charge in [0.15, 0.2) is 0 Å². The predicted octanol–water partition coefficient (Wildman–Crippen LogP) is 2.51. The maximum Gasteiger partial charge on any atom is 0.313 e. The summed E-state index contributed by atoms with van der Waals surface area (Å²) >= 11 is 8.26. The molecular formula is C13H13ClN4O3S2. The van der Waals surface area contributed by atoms with Gasteiger partial charge in [-0.05, 0) is 17.7 Å². The van der Waals surface area contributed by atoms with Crippen molar-refractivity contribution in [2.24, 2.45) is 0 Å². The lowest BCUT2D eigenvalue weighted by Crippen LogP contribution is -2.16. The fourth-order valence-electron chi connectivity index (χ4n) is 1.49. The number of nitrogens with one attached hydrogen (secondary N) is 2. The molecule has 0 fully saturated rings. The van der Waals surface area contributed by atoms with Crippen LogP contribution in [0.25, 0.3) is 0 Å². The number of halogens is 1. The van der Waals surface area contributed by atoms with E-state index in [1.165, 1.54) is 11.8 Å². The summed E-state index contributed by atoms with van der Waals surface area (Å²) in [7, 11) is 0. The average molecular weight is 373 g/mol. The average Bonchev–Trinajstić information content (AvgIpc) is 2.93. The summed E-state index contributed by atoms with van der Waals surface area (Å²) in [5.41, 5.74) is 1.08. The Balaban J connectivity index is 1.77. The topological polar surface area (TPSA) is 108 Å². The third-order valence-corrected chi connectivity index (χ3v) is 4.55. The molecule has 0 radical (unpaired) electrons. The Hall–Kier alpha value is -1.71. The van der Waals surface area contributed by atoms with E-state index in [0.717, 1.165) is 17.3 Å². The lowest BCUT2D eigenvalue weighted by Gasteiger charge is -1.99. The summed E-state index contributed by atoms with van der Waals surface area (Å²) in [5.74, 6) is -0.446. The summed E-state index contributed by atoms with van der Waals surface area (Å²) in [4.78, 5) is 26.1. The molecule has 3 N–H and O–H groups in total. The summed E-state index contributed by atoms with van der Waals surface area (Å²) in [6.07, 6.45) is 0. The van der Waals surface area contributed by atoms with E-state index in [1.807, 2.05) is 24.3 Å². The zero-order chi connectivity index (χ0) is 16.7. The highest BCUT2D eigenvalue weighted by atomic mass is 35.5. The van der Waals surface area contributed by atoms with Gasteiger partial charge >= 0.3 is 5.97 Å². The molecule has 10 heteroatoms. The van der Waals surface area contributed by atoms with Crippen molar-refractivity contribution in [2.45, 2.75) is 10.9 Å². The van der Waals surface area contributed by atoms with Gasteiger partial charge in [-0.25, -0.2) is 5.10 Å². The molecule has 1 amide bonds. The third-order valence-electron chi connectivity index (χ3n) is 2.46. The largest absolute Gasteiger partial charge is 0.481 e. The molecule has 0 saturated heterocycles. The molecule has 0 aliphatic rings. The summed E-state index contributed by atoms with van der Waals surface area (Å²) in [5, 5.41) is 18.8. The predicted molar refractivity (Wildman–Crippen MR) is 91.0 cm³/mol. The molecule has 7 nitrogen and oxygen atoms in total. The van der Waals surface area contributed by atoms with E-state index in [1.54, 1.807) is 0 Å². The minimum absolute atomic E-state index is 0.0419. The fraction of sp³-hybridized carbons (Fsp3) is 0.231. The number of anilines is 1. The number of aromatic amines is 1. The molecule has 1 aromatic heterocycles. The number of carbonyl (C=O) groups excluding carboxylic acids is 1. The maximum absolute atomic E-state index is 11.6. The molecule has 1 heterocycles. The van der Waals surface area contributed by atoms with Gasteiger partial charge in [0, 0.05) is 10.8 Å². The molecule has 2 rings (SSSR count). The Morgan fingerprint density at radius 3 is 2.70 bits per heavy atom.